The normalized spacial score (nSPS) is 17.9. The molecule has 1 aliphatic rings. The number of amides is 1. The van der Waals surface area contributed by atoms with Gasteiger partial charge in [-0.05, 0) is 19.1 Å². The van der Waals surface area contributed by atoms with E-state index in [0.717, 1.165) is 24.3 Å². The average molecular weight is 345 g/mol. The van der Waals surface area contributed by atoms with Gasteiger partial charge in [0.25, 0.3) is 5.91 Å². The molecule has 10 heteroatoms. The number of carboxylic acid groups (broad SMARTS) is 1. The smallest absolute Gasteiger partial charge is 0.442 e. The molecule has 1 aromatic rings. The van der Waals surface area contributed by atoms with Crippen molar-refractivity contribution in [2.24, 2.45) is 10.2 Å². The van der Waals surface area contributed by atoms with Gasteiger partial charge in [0.15, 0.2) is 6.04 Å². The SMILES string of the molecule is CO[C@H](C)[C@H](NC(=O)c1ccc(C2(C(F)(F)F)N=N2)cc1)C(=O)O. The number of hydrogen-bond donors (Lipinski definition) is 2. The zero-order chi connectivity index (χ0) is 18.1. The number of carboxylic acids is 1. The third-order valence-electron chi connectivity index (χ3n) is 3.64. The molecule has 7 nitrogen and oxygen atoms in total. The molecule has 1 aliphatic heterocycles. The lowest BCUT2D eigenvalue weighted by molar-refractivity contribution is -0.166. The number of carbonyl (C=O) groups excluding carboxylic acids is 1. The van der Waals surface area contributed by atoms with Crippen LogP contribution >= 0.6 is 0 Å². The fourth-order valence-corrected chi connectivity index (χ4v) is 2.04. The topological polar surface area (TPSA) is 100 Å². The van der Waals surface area contributed by atoms with E-state index in [1.54, 1.807) is 0 Å². The number of rotatable bonds is 6. The molecule has 0 fully saturated rings. The average Bonchev–Trinajstić information content (AvgIpc) is 3.33. The molecule has 0 saturated carbocycles. The lowest BCUT2D eigenvalue weighted by Crippen LogP contribution is -2.48. The molecule has 130 valence electrons. The van der Waals surface area contributed by atoms with E-state index in [0.29, 0.717) is 0 Å². The van der Waals surface area contributed by atoms with Crippen molar-refractivity contribution in [3.63, 3.8) is 0 Å². The van der Waals surface area contributed by atoms with Gasteiger partial charge in [-0.1, -0.05) is 12.1 Å². The predicted molar refractivity (Wildman–Crippen MR) is 74.4 cm³/mol. The third kappa shape index (κ3) is 3.23. The van der Waals surface area contributed by atoms with E-state index in [1.807, 2.05) is 0 Å². The Morgan fingerprint density at radius 2 is 1.79 bits per heavy atom. The van der Waals surface area contributed by atoms with E-state index in [2.05, 4.69) is 15.5 Å². The quantitative estimate of drug-likeness (QED) is 0.824. The first-order valence-electron chi connectivity index (χ1n) is 6.80. The Labute approximate surface area is 134 Å². The van der Waals surface area contributed by atoms with Crippen molar-refractivity contribution in [1.29, 1.82) is 0 Å². The van der Waals surface area contributed by atoms with Gasteiger partial charge >= 0.3 is 17.8 Å². The molecule has 2 N–H and O–H groups in total. The maximum absolute atomic E-state index is 12.9. The highest BCUT2D eigenvalue weighted by molar-refractivity contribution is 5.96. The molecule has 1 aromatic carbocycles. The number of hydrogen-bond acceptors (Lipinski definition) is 5. The van der Waals surface area contributed by atoms with Crippen LogP contribution in [0.2, 0.25) is 0 Å². The van der Waals surface area contributed by atoms with Crippen molar-refractivity contribution in [1.82, 2.24) is 5.32 Å². The molecule has 1 heterocycles. The Bertz CT molecular complexity index is 667. The third-order valence-corrected chi connectivity index (χ3v) is 3.64. The second-order valence-electron chi connectivity index (χ2n) is 5.18. The van der Waals surface area contributed by atoms with Crippen LogP contribution in [-0.2, 0) is 15.2 Å². The zero-order valence-corrected chi connectivity index (χ0v) is 12.7. The van der Waals surface area contributed by atoms with Crippen molar-refractivity contribution in [3.8, 4) is 0 Å². The maximum atomic E-state index is 12.9. The molecule has 0 spiro atoms. The summed E-state index contributed by atoms with van der Waals surface area (Å²) in [7, 11) is 1.29. The van der Waals surface area contributed by atoms with Gasteiger partial charge in [0.2, 0.25) is 0 Å². The Morgan fingerprint density at radius 3 is 2.17 bits per heavy atom. The van der Waals surface area contributed by atoms with Gasteiger partial charge in [-0.25, -0.2) is 4.79 Å². The highest BCUT2D eigenvalue weighted by atomic mass is 19.4. The van der Waals surface area contributed by atoms with Crippen LogP contribution in [0.1, 0.15) is 22.8 Å². The molecule has 0 saturated heterocycles. The van der Waals surface area contributed by atoms with Gasteiger partial charge in [-0.15, -0.1) is 10.2 Å². The van der Waals surface area contributed by atoms with Crippen LogP contribution in [0.3, 0.4) is 0 Å². The first kappa shape index (κ1) is 17.9. The summed E-state index contributed by atoms with van der Waals surface area (Å²) in [5, 5.41) is 17.5. The molecule has 0 unspecified atom stereocenters. The van der Waals surface area contributed by atoms with E-state index in [9.17, 15) is 22.8 Å². The van der Waals surface area contributed by atoms with Crippen LogP contribution < -0.4 is 5.32 Å². The summed E-state index contributed by atoms with van der Waals surface area (Å²) in [5.41, 5.74) is -2.77. The van der Waals surface area contributed by atoms with Crippen LogP contribution in [0.15, 0.2) is 34.5 Å². The van der Waals surface area contributed by atoms with Gasteiger partial charge in [-0.3, -0.25) is 4.79 Å². The van der Waals surface area contributed by atoms with Crippen LogP contribution in [0.4, 0.5) is 13.2 Å². The minimum Gasteiger partial charge on any atom is -0.480 e. The standard InChI is InChI=1S/C14H14F3N3O4/c1-7(24-2)10(12(22)23)18-11(21)8-3-5-9(6-4-8)13(19-20-13)14(15,16)17/h3-7,10H,1-2H3,(H,18,21)(H,22,23)/t7-,10+/m1/s1. The predicted octanol–water partition coefficient (Wildman–Crippen LogP) is 2.09. The minimum absolute atomic E-state index is 0.00581. The Balaban J connectivity index is 2.13. The second-order valence-corrected chi connectivity index (χ2v) is 5.18. The van der Waals surface area contributed by atoms with Crippen LogP contribution in [0, 0.1) is 0 Å². The molecule has 1 amide bonds. The van der Waals surface area contributed by atoms with Crippen LogP contribution in [0.5, 0.6) is 0 Å². The number of aliphatic carboxylic acids is 1. The summed E-state index contributed by atoms with van der Waals surface area (Å²) in [6.45, 7) is 1.46. The largest absolute Gasteiger partial charge is 0.480 e. The molecule has 0 aromatic heterocycles. The Hall–Kier alpha value is -2.49. The van der Waals surface area contributed by atoms with Crippen LogP contribution in [0.25, 0.3) is 0 Å². The highest BCUT2D eigenvalue weighted by Gasteiger charge is 2.65. The van der Waals surface area contributed by atoms with E-state index in [1.165, 1.54) is 14.0 Å². The molecule has 0 bridgehead atoms. The summed E-state index contributed by atoms with van der Waals surface area (Å²) < 4.78 is 43.5. The number of methoxy groups -OCH3 is 1. The Morgan fingerprint density at radius 1 is 1.25 bits per heavy atom. The van der Waals surface area contributed by atoms with Gasteiger partial charge in [0.05, 0.1) is 6.10 Å². The maximum Gasteiger partial charge on any atom is 0.442 e. The lowest BCUT2D eigenvalue weighted by atomic mass is 10.0. The summed E-state index contributed by atoms with van der Waals surface area (Å²) in [4.78, 5) is 23.2. The van der Waals surface area contributed by atoms with Gasteiger partial charge < -0.3 is 15.2 Å². The van der Waals surface area contributed by atoms with E-state index < -0.39 is 35.9 Å². The summed E-state index contributed by atoms with van der Waals surface area (Å²) in [6.07, 6.45) is -5.44. The van der Waals surface area contributed by atoms with Crippen molar-refractivity contribution in [2.75, 3.05) is 7.11 Å². The number of halogens is 3. The number of nitrogens with one attached hydrogen (secondary N) is 1. The van der Waals surface area contributed by atoms with E-state index in [4.69, 9.17) is 9.84 Å². The van der Waals surface area contributed by atoms with Crippen molar-refractivity contribution in [3.05, 3.63) is 35.4 Å². The summed E-state index contributed by atoms with van der Waals surface area (Å²) >= 11 is 0. The van der Waals surface area contributed by atoms with Crippen molar-refractivity contribution in [2.45, 2.75) is 30.9 Å². The lowest BCUT2D eigenvalue weighted by Gasteiger charge is -2.20. The monoisotopic (exact) mass is 345 g/mol. The number of ether oxygens (including phenoxy) is 1. The number of alkyl halides is 3. The molecule has 24 heavy (non-hydrogen) atoms. The number of benzene rings is 1. The fraction of sp³-hybridized carbons (Fsp3) is 0.429. The molecule has 0 radical (unpaired) electrons. The van der Waals surface area contributed by atoms with Gasteiger partial charge in [-0.2, -0.15) is 13.2 Å². The molecule has 0 aliphatic carbocycles. The fourth-order valence-electron chi connectivity index (χ4n) is 2.04. The molecular formula is C14H14F3N3O4. The first-order chi connectivity index (χ1) is 11.1. The Kier molecular flexibility index (Phi) is 4.61. The highest BCUT2D eigenvalue weighted by Crippen LogP contribution is 2.52. The summed E-state index contributed by atoms with van der Waals surface area (Å²) in [6, 6.07) is 3.17. The van der Waals surface area contributed by atoms with Crippen molar-refractivity contribution < 1.29 is 32.6 Å². The molecule has 2 atom stereocenters. The van der Waals surface area contributed by atoms with Gasteiger partial charge in [0, 0.05) is 18.2 Å². The minimum atomic E-state index is -4.65. The molecular weight excluding hydrogens is 331 g/mol. The molecule has 2 rings (SSSR count). The second kappa shape index (κ2) is 6.19. The van der Waals surface area contributed by atoms with Crippen molar-refractivity contribution >= 4 is 11.9 Å². The zero-order valence-electron chi connectivity index (χ0n) is 12.7. The van der Waals surface area contributed by atoms with Crippen LogP contribution in [-0.4, -0.2) is 42.4 Å². The van der Waals surface area contributed by atoms with E-state index in [-0.39, 0.29) is 11.1 Å². The number of carbonyl (C=O) groups is 2. The van der Waals surface area contributed by atoms with Gasteiger partial charge in [0.1, 0.15) is 0 Å². The summed E-state index contributed by atoms with van der Waals surface area (Å²) in [5.74, 6) is -2.04. The number of nitrogens with zero attached hydrogens (tertiary/aromatic N) is 2. The first-order valence-corrected chi connectivity index (χ1v) is 6.80. The van der Waals surface area contributed by atoms with E-state index >= 15 is 0 Å².